The summed E-state index contributed by atoms with van der Waals surface area (Å²) in [5.74, 6) is 0.698. The van der Waals surface area contributed by atoms with Gasteiger partial charge in [-0.05, 0) is 30.3 Å². The number of anilines is 1. The molecule has 3 aromatic rings. The number of nitrogens with one attached hydrogen (secondary N) is 1. The van der Waals surface area contributed by atoms with E-state index >= 15 is 0 Å². The van der Waals surface area contributed by atoms with Crippen molar-refractivity contribution in [3.05, 3.63) is 59.8 Å². The number of benzene rings is 2. The van der Waals surface area contributed by atoms with E-state index in [1.165, 1.54) is 4.90 Å². The lowest BCUT2D eigenvalue weighted by molar-refractivity contribution is 0.0298. The molecule has 0 atom stereocenters. The highest BCUT2D eigenvalue weighted by molar-refractivity contribution is 7.98. The molecule has 0 spiro atoms. The topological polar surface area (TPSA) is 68.6 Å². The summed E-state index contributed by atoms with van der Waals surface area (Å²) >= 11 is 1.75. The Labute approximate surface area is 191 Å². The van der Waals surface area contributed by atoms with Crippen LogP contribution in [0.1, 0.15) is 16.1 Å². The Kier molecular flexibility index (Phi) is 6.16. The smallest absolute Gasteiger partial charge is 0.274 e. The second-order valence-corrected chi connectivity index (χ2v) is 8.76. The molecule has 2 aromatic carbocycles. The third-order valence-corrected chi connectivity index (χ3v) is 6.81. The number of thioether (sulfide) groups is 1. The van der Waals surface area contributed by atoms with E-state index < -0.39 is 0 Å². The average molecular weight is 451 g/mol. The molecule has 7 nitrogen and oxygen atoms in total. The first-order valence-electron chi connectivity index (χ1n) is 10.8. The first-order chi connectivity index (χ1) is 15.8. The van der Waals surface area contributed by atoms with Crippen molar-refractivity contribution in [2.75, 3.05) is 51.9 Å². The van der Waals surface area contributed by atoms with Gasteiger partial charge in [-0.25, -0.2) is 4.68 Å². The molecule has 1 amide bonds. The van der Waals surface area contributed by atoms with Crippen LogP contribution in [0.2, 0.25) is 0 Å². The summed E-state index contributed by atoms with van der Waals surface area (Å²) in [6.07, 6.45) is 0. The molecule has 8 heteroatoms. The van der Waals surface area contributed by atoms with Gasteiger partial charge in [-0.1, -0.05) is 18.2 Å². The fourth-order valence-corrected chi connectivity index (χ4v) is 5.21. The number of hydrogen-bond donors (Lipinski definition) is 1. The molecule has 1 N–H and O–H groups in total. The molecule has 0 radical (unpaired) electrons. The van der Waals surface area contributed by atoms with Crippen LogP contribution in [-0.4, -0.2) is 67.2 Å². The van der Waals surface area contributed by atoms with Crippen molar-refractivity contribution in [1.82, 2.24) is 14.7 Å². The molecule has 5 rings (SSSR count). The van der Waals surface area contributed by atoms with E-state index in [-0.39, 0.29) is 5.91 Å². The Morgan fingerprint density at radius 3 is 2.78 bits per heavy atom. The Bertz CT molecular complexity index is 1110. The number of ether oxygens (including phenoxy) is 2. The van der Waals surface area contributed by atoms with Gasteiger partial charge in [0.1, 0.15) is 0 Å². The lowest BCUT2D eigenvalue weighted by Crippen LogP contribution is -2.41. The molecular weight excluding hydrogens is 424 g/mol. The summed E-state index contributed by atoms with van der Waals surface area (Å²) < 4.78 is 12.5. The number of carbonyl (C=O) groups excluding carboxylic acids is 1. The number of morpholine rings is 1. The van der Waals surface area contributed by atoms with Gasteiger partial charge in [0.15, 0.2) is 5.69 Å². The van der Waals surface area contributed by atoms with Crippen molar-refractivity contribution in [2.45, 2.75) is 10.6 Å². The van der Waals surface area contributed by atoms with Gasteiger partial charge in [0.25, 0.3) is 5.91 Å². The number of aromatic nitrogens is 2. The zero-order valence-corrected chi connectivity index (χ0v) is 18.9. The highest BCUT2D eigenvalue weighted by atomic mass is 32.2. The average Bonchev–Trinajstić information content (AvgIpc) is 3.25. The molecule has 0 unspecified atom stereocenters. The van der Waals surface area contributed by atoms with E-state index in [1.807, 2.05) is 39.9 Å². The molecule has 0 saturated carbocycles. The predicted octanol–water partition coefficient (Wildman–Crippen LogP) is 3.68. The Morgan fingerprint density at radius 2 is 2.00 bits per heavy atom. The number of fused-ring (bicyclic) bond motifs is 3. The Balaban J connectivity index is 1.57. The van der Waals surface area contributed by atoms with Gasteiger partial charge in [-0.15, -0.1) is 11.8 Å². The van der Waals surface area contributed by atoms with Crippen molar-refractivity contribution in [1.29, 1.82) is 0 Å². The summed E-state index contributed by atoms with van der Waals surface area (Å²) in [7, 11) is 1.70. The third kappa shape index (κ3) is 4.01. The highest BCUT2D eigenvalue weighted by Gasteiger charge is 2.32. The quantitative estimate of drug-likeness (QED) is 0.578. The van der Waals surface area contributed by atoms with Crippen LogP contribution in [0.4, 0.5) is 5.69 Å². The summed E-state index contributed by atoms with van der Waals surface area (Å²) in [6.45, 7) is 3.76. The molecule has 1 saturated heterocycles. The minimum Gasteiger partial charge on any atom is -0.383 e. The number of methoxy groups -OCH3 is 1. The number of para-hydroxylation sites is 1. The summed E-state index contributed by atoms with van der Waals surface area (Å²) in [4.78, 5) is 16.4. The van der Waals surface area contributed by atoms with E-state index in [2.05, 4.69) is 23.5 Å². The lowest BCUT2D eigenvalue weighted by Gasteiger charge is -2.26. The molecule has 2 aliphatic heterocycles. The standard InChI is InChI=1S/C24H26N4O3S/c1-30-12-9-25-17-7-8-19-21(15-17)32-16-20-22(24(29)27-10-13-31-14-11-27)26-28(23(19)20)18-5-3-2-4-6-18/h2-8,15,25H,9-14,16H2,1H3. The monoisotopic (exact) mass is 450 g/mol. The van der Waals surface area contributed by atoms with Crippen molar-refractivity contribution < 1.29 is 14.3 Å². The van der Waals surface area contributed by atoms with Crippen LogP contribution in [0.5, 0.6) is 0 Å². The van der Waals surface area contributed by atoms with Gasteiger partial charge in [-0.2, -0.15) is 5.10 Å². The molecule has 0 aliphatic carbocycles. The second-order valence-electron chi connectivity index (χ2n) is 7.75. The van der Waals surface area contributed by atoms with Crippen LogP contribution in [0, 0.1) is 0 Å². The minimum absolute atomic E-state index is 0.0128. The van der Waals surface area contributed by atoms with Gasteiger partial charge in [-0.3, -0.25) is 4.79 Å². The van der Waals surface area contributed by atoms with E-state index in [0.29, 0.717) is 44.4 Å². The first kappa shape index (κ1) is 21.1. The van der Waals surface area contributed by atoms with E-state index in [4.69, 9.17) is 14.6 Å². The number of nitrogens with zero attached hydrogens (tertiary/aromatic N) is 3. The zero-order valence-electron chi connectivity index (χ0n) is 18.0. The minimum atomic E-state index is -0.0128. The number of carbonyl (C=O) groups is 1. The van der Waals surface area contributed by atoms with Crippen LogP contribution >= 0.6 is 11.8 Å². The molecule has 1 aromatic heterocycles. The fraction of sp³-hybridized carbons (Fsp3) is 0.333. The maximum atomic E-state index is 13.4. The predicted molar refractivity (Wildman–Crippen MR) is 126 cm³/mol. The zero-order chi connectivity index (χ0) is 21.9. The highest BCUT2D eigenvalue weighted by Crippen LogP contribution is 2.45. The summed E-state index contributed by atoms with van der Waals surface area (Å²) in [5, 5.41) is 8.26. The SMILES string of the molecule is COCCNc1ccc2c(c1)SCc1c(C(=O)N3CCOCC3)nn(-c3ccccc3)c1-2. The van der Waals surface area contributed by atoms with Crippen LogP contribution in [0.25, 0.3) is 16.9 Å². The van der Waals surface area contributed by atoms with Gasteiger partial charge < -0.3 is 19.7 Å². The van der Waals surface area contributed by atoms with Crippen LogP contribution < -0.4 is 5.32 Å². The maximum Gasteiger partial charge on any atom is 0.274 e. The molecule has 32 heavy (non-hydrogen) atoms. The molecule has 166 valence electrons. The van der Waals surface area contributed by atoms with Crippen LogP contribution in [0.15, 0.2) is 53.4 Å². The number of hydrogen-bond acceptors (Lipinski definition) is 6. The molecule has 3 heterocycles. The summed E-state index contributed by atoms with van der Waals surface area (Å²) in [6, 6.07) is 16.4. The van der Waals surface area contributed by atoms with Gasteiger partial charge in [0, 0.05) is 54.2 Å². The van der Waals surface area contributed by atoms with Crippen molar-refractivity contribution >= 4 is 23.4 Å². The van der Waals surface area contributed by atoms with Crippen LogP contribution in [-0.2, 0) is 15.2 Å². The molecule has 2 aliphatic rings. The Morgan fingerprint density at radius 1 is 1.19 bits per heavy atom. The second kappa shape index (κ2) is 9.36. The van der Waals surface area contributed by atoms with Crippen molar-refractivity contribution in [3.8, 4) is 16.9 Å². The third-order valence-electron chi connectivity index (χ3n) is 5.73. The molecular formula is C24H26N4O3S. The van der Waals surface area contributed by atoms with Gasteiger partial charge in [0.05, 0.1) is 31.2 Å². The number of rotatable bonds is 6. The fourth-order valence-electron chi connectivity index (χ4n) is 4.10. The van der Waals surface area contributed by atoms with Crippen LogP contribution in [0.3, 0.4) is 0 Å². The summed E-state index contributed by atoms with van der Waals surface area (Å²) in [5.41, 5.74) is 5.67. The lowest BCUT2D eigenvalue weighted by atomic mass is 10.0. The van der Waals surface area contributed by atoms with Crippen molar-refractivity contribution in [2.24, 2.45) is 0 Å². The maximum absolute atomic E-state index is 13.4. The van der Waals surface area contributed by atoms with E-state index in [9.17, 15) is 4.79 Å². The first-order valence-corrected chi connectivity index (χ1v) is 11.8. The normalized spacial score (nSPS) is 15.2. The Hall–Kier alpha value is -2.81. The van der Waals surface area contributed by atoms with Gasteiger partial charge >= 0.3 is 0 Å². The largest absolute Gasteiger partial charge is 0.383 e. The van der Waals surface area contributed by atoms with Gasteiger partial charge in [0.2, 0.25) is 0 Å². The number of amides is 1. The molecule has 0 bridgehead atoms. The molecule has 1 fully saturated rings. The van der Waals surface area contributed by atoms with E-state index in [0.717, 1.165) is 34.7 Å². The van der Waals surface area contributed by atoms with Crippen molar-refractivity contribution in [3.63, 3.8) is 0 Å². The van der Waals surface area contributed by atoms with E-state index in [1.54, 1.807) is 18.9 Å².